The van der Waals surface area contributed by atoms with Crippen LogP contribution < -0.4 is 15.8 Å². The highest BCUT2D eigenvalue weighted by Crippen LogP contribution is 2.29. The number of nitrogens with two attached hydrogens (primary N) is 1. The largest absolute Gasteiger partial charge is 0.491 e. The van der Waals surface area contributed by atoms with Gasteiger partial charge < -0.3 is 15.8 Å². The summed E-state index contributed by atoms with van der Waals surface area (Å²) in [6, 6.07) is 3.21. The van der Waals surface area contributed by atoms with E-state index < -0.39 is 5.82 Å². The number of ether oxygens (including phenoxy) is 1. The topological polar surface area (TPSA) is 47.3 Å². The van der Waals surface area contributed by atoms with E-state index in [1.165, 1.54) is 6.07 Å². The quantitative estimate of drug-likeness (QED) is 0.762. The van der Waals surface area contributed by atoms with Crippen LogP contribution >= 0.6 is 0 Å². The Morgan fingerprint density at radius 1 is 1.33 bits per heavy atom. The molecule has 3 N–H and O–H groups in total. The summed E-state index contributed by atoms with van der Waals surface area (Å²) in [5.74, 6) is 0.339. The Balaban J connectivity index is 2.91. The number of rotatable bonds is 6. The fraction of sp³-hybridized carbons (Fsp3) is 0.571. The Labute approximate surface area is 109 Å². The van der Waals surface area contributed by atoms with E-state index in [0.717, 1.165) is 12.1 Å². The summed E-state index contributed by atoms with van der Waals surface area (Å²) in [4.78, 5) is 0. The van der Waals surface area contributed by atoms with Crippen LogP contribution in [0.5, 0.6) is 5.75 Å². The van der Waals surface area contributed by atoms with Crippen LogP contribution in [0.4, 0.5) is 15.8 Å². The minimum Gasteiger partial charge on any atom is -0.491 e. The van der Waals surface area contributed by atoms with Crippen LogP contribution in [-0.2, 0) is 0 Å². The fourth-order valence-electron chi connectivity index (χ4n) is 1.70. The number of anilines is 2. The van der Waals surface area contributed by atoms with E-state index in [1.54, 1.807) is 6.07 Å². The molecule has 0 bridgehead atoms. The van der Waals surface area contributed by atoms with Gasteiger partial charge >= 0.3 is 0 Å². The molecule has 2 atom stereocenters. The lowest BCUT2D eigenvalue weighted by Crippen LogP contribution is -2.23. The van der Waals surface area contributed by atoms with Crippen molar-refractivity contribution in [1.29, 1.82) is 0 Å². The fourth-order valence-corrected chi connectivity index (χ4v) is 1.70. The molecule has 1 aromatic carbocycles. The molecule has 0 saturated heterocycles. The Hall–Kier alpha value is -1.45. The van der Waals surface area contributed by atoms with Gasteiger partial charge in [0.25, 0.3) is 0 Å². The minimum atomic E-state index is -0.420. The number of nitrogens with one attached hydrogen (secondary N) is 1. The smallest absolute Gasteiger partial charge is 0.167 e. The van der Waals surface area contributed by atoms with Gasteiger partial charge in [-0.3, -0.25) is 0 Å². The molecule has 102 valence electrons. The number of hydrogen-bond acceptors (Lipinski definition) is 3. The zero-order valence-electron chi connectivity index (χ0n) is 11.6. The molecule has 0 saturated carbocycles. The van der Waals surface area contributed by atoms with Crippen molar-refractivity contribution in [2.45, 2.75) is 40.2 Å². The van der Waals surface area contributed by atoms with E-state index in [4.69, 9.17) is 10.5 Å². The van der Waals surface area contributed by atoms with Gasteiger partial charge in [-0.15, -0.1) is 0 Å². The first kappa shape index (κ1) is 14.6. The number of benzene rings is 1. The average molecular weight is 254 g/mol. The Morgan fingerprint density at radius 3 is 2.56 bits per heavy atom. The van der Waals surface area contributed by atoms with Crippen LogP contribution in [0, 0.1) is 11.7 Å². The summed E-state index contributed by atoms with van der Waals surface area (Å²) in [5.41, 5.74) is 6.96. The van der Waals surface area contributed by atoms with Gasteiger partial charge in [0.2, 0.25) is 0 Å². The molecule has 0 amide bonds. The molecular formula is C14H23FN2O. The summed E-state index contributed by atoms with van der Waals surface area (Å²) in [7, 11) is 0. The van der Waals surface area contributed by atoms with E-state index in [0.29, 0.717) is 18.2 Å². The maximum atomic E-state index is 13.5. The molecule has 0 aliphatic carbocycles. The zero-order valence-corrected chi connectivity index (χ0v) is 11.6. The van der Waals surface area contributed by atoms with Gasteiger partial charge in [0.05, 0.1) is 18.0 Å². The summed E-state index contributed by atoms with van der Waals surface area (Å²) < 4.78 is 18.8. The molecule has 1 rings (SSSR count). The lowest BCUT2D eigenvalue weighted by molar-refractivity contribution is 0.322. The highest BCUT2D eigenvalue weighted by atomic mass is 19.1. The van der Waals surface area contributed by atoms with Crippen LogP contribution in [0.1, 0.15) is 34.1 Å². The van der Waals surface area contributed by atoms with Gasteiger partial charge in [0.1, 0.15) is 0 Å². The van der Waals surface area contributed by atoms with E-state index in [-0.39, 0.29) is 11.8 Å². The second kappa shape index (κ2) is 6.47. The molecule has 2 unspecified atom stereocenters. The summed E-state index contributed by atoms with van der Waals surface area (Å²) in [6.07, 6.45) is 1.08. The van der Waals surface area contributed by atoms with Crippen LogP contribution in [-0.4, -0.2) is 12.6 Å². The van der Waals surface area contributed by atoms with Gasteiger partial charge in [-0.25, -0.2) is 4.39 Å². The Morgan fingerprint density at radius 2 is 2.00 bits per heavy atom. The molecule has 0 aliphatic heterocycles. The van der Waals surface area contributed by atoms with Crippen molar-refractivity contribution in [3.63, 3.8) is 0 Å². The van der Waals surface area contributed by atoms with E-state index in [2.05, 4.69) is 26.1 Å². The van der Waals surface area contributed by atoms with Crippen molar-refractivity contribution in [3.8, 4) is 5.75 Å². The molecule has 0 heterocycles. The van der Waals surface area contributed by atoms with Gasteiger partial charge in [-0.1, -0.05) is 20.3 Å². The lowest BCUT2D eigenvalue weighted by atomic mass is 10.0. The zero-order chi connectivity index (χ0) is 13.7. The van der Waals surface area contributed by atoms with Crippen molar-refractivity contribution in [2.24, 2.45) is 5.92 Å². The van der Waals surface area contributed by atoms with Crippen molar-refractivity contribution < 1.29 is 9.13 Å². The number of halogens is 1. The van der Waals surface area contributed by atoms with E-state index >= 15 is 0 Å². The molecular weight excluding hydrogens is 231 g/mol. The average Bonchev–Trinajstić information content (AvgIpc) is 2.34. The van der Waals surface area contributed by atoms with Gasteiger partial charge in [0, 0.05) is 18.2 Å². The van der Waals surface area contributed by atoms with Crippen LogP contribution in [0.2, 0.25) is 0 Å². The molecule has 4 heteroatoms. The van der Waals surface area contributed by atoms with Crippen molar-refractivity contribution in [2.75, 3.05) is 17.7 Å². The van der Waals surface area contributed by atoms with Crippen LogP contribution in [0.15, 0.2) is 12.1 Å². The third-order valence-electron chi connectivity index (χ3n) is 3.28. The SMILES string of the molecule is CCOc1cc(NC(C)C(C)CC)c(N)cc1F. The molecule has 0 aliphatic rings. The van der Waals surface area contributed by atoms with Crippen molar-refractivity contribution >= 4 is 11.4 Å². The maximum Gasteiger partial charge on any atom is 0.167 e. The van der Waals surface area contributed by atoms with Crippen molar-refractivity contribution in [3.05, 3.63) is 17.9 Å². The first-order valence-electron chi connectivity index (χ1n) is 6.47. The van der Waals surface area contributed by atoms with E-state index in [1.807, 2.05) is 6.92 Å². The highest BCUT2D eigenvalue weighted by Gasteiger charge is 2.14. The highest BCUT2D eigenvalue weighted by molar-refractivity contribution is 5.69. The molecule has 0 aromatic heterocycles. The molecule has 3 nitrogen and oxygen atoms in total. The third kappa shape index (κ3) is 3.52. The molecule has 0 radical (unpaired) electrons. The lowest BCUT2D eigenvalue weighted by Gasteiger charge is -2.22. The van der Waals surface area contributed by atoms with Gasteiger partial charge in [-0.2, -0.15) is 0 Å². The second-order valence-corrected chi connectivity index (χ2v) is 4.62. The second-order valence-electron chi connectivity index (χ2n) is 4.62. The standard InChI is InChI=1S/C14H23FN2O/c1-5-9(3)10(4)17-13-8-14(18-6-2)11(15)7-12(13)16/h7-10,17H,5-6,16H2,1-4H3. The molecule has 18 heavy (non-hydrogen) atoms. The molecule has 0 spiro atoms. The first-order chi connectivity index (χ1) is 8.49. The van der Waals surface area contributed by atoms with Crippen LogP contribution in [0.3, 0.4) is 0 Å². The van der Waals surface area contributed by atoms with E-state index in [9.17, 15) is 4.39 Å². The third-order valence-corrected chi connectivity index (χ3v) is 3.28. The van der Waals surface area contributed by atoms with Gasteiger partial charge in [-0.05, 0) is 19.8 Å². The van der Waals surface area contributed by atoms with Crippen molar-refractivity contribution in [1.82, 2.24) is 0 Å². The Kier molecular flexibility index (Phi) is 5.25. The summed E-state index contributed by atoms with van der Waals surface area (Å²) in [5, 5.41) is 3.32. The maximum absolute atomic E-state index is 13.5. The number of hydrogen-bond donors (Lipinski definition) is 2. The Bertz CT molecular complexity index is 396. The summed E-state index contributed by atoms with van der Waals surface area (Å²) >= 11 is 0. The summed E-state index contributed by atoms with van der Waals surface area (Å²) in [6.45, 7) is 8.66. The predicted octanol–water partition coefficient (Wildman–Crippen LogP) is 3.65. The first-order valence-corrected chi connectivity index (χ1v) is 6.47. The molecule has 1 aromatic rings. The molecule has 0 fully saturated rings. The number of nitrogen functional groups attached to an aromatic ring is 1. The predicted molar refractivity (Wildman–Crippen MR) is 74.5 cm³/mol. The van der Waals surface area contributed by atoms with Gasteiger partial charge in [0.15, 0.2) is 11.6 Å². The normalized spacial score (nSPS) is 14.1. The minimum absolute atomic E-state index is 0.241. The monoisotopic (exact) mass is 254 g/mol. The van der Waals surface area contributed by atoms with Crippen LogP contribution in [0.25, 0.3) is 0 Å².